The smallest absolute Gasteiger partial charge is 0.122 e. The number of fused-ring (bicyclic) bond motifs is 1. The van der Waals surface area contributed by atoms with Crippen LogP contribution in [0.1, 0.15) is 11.1 Å². The summed E-state index contributed by atoms with van der Waals surface area (Å²) in [6.45, 7) is 1.74. The Morgan fingerprint density at radius 1 is 1.10 bits per heavy atom. The monoisotopic (exact) mass is 395 g/mol. The summed E-state index contributed by atoms with van der Waals surface area (Å²) in [7, 11) is 0. The fourth-order valence-corrected chi connectivity index (χ4v) is 3.56. The third-order valence-electron chi connectivity index (χ3n) is 3.41. The zero-order valence-electron chi connectivity index (χ0n) is 11.0. The molecular formula is C16H15Br2NO. The molecule has 0 saturated carbocycles. The lowest BCUT2D eigenvalue weighted by atomic mass is 10.1. The summed E-state index contributed by atoms with van der Waals surface area (Å²) in [5.41, 5.74) is 3.82. The van der Waals surface area contributed by atoms with Crippen LogP contribution in [0.2, 0.25) is 0 Å². The molecule has 1 aliphatic rings. The Labute approximate surface area is 135 Å². The van der Waals surface area contributed by atoms with Crippen LogP contribution < -0.4 is 10.1 Å². The van der Waals surface area contributed by atoms with Crippen LogP contribution in [0.25, 0.3) is 0 Å². The van der Waals surface area contributed by atoms with E-state index in [4.69, 9.17) is 4.74 Å². The second kappa shape index (κ2) is 6.19. The topological polar surface area (TPSA) is 21.3 Å². The predicted octanol–water partition coefficient (Wildman–Crippen LogP) is 4.80. The molecule has 0 atom stereocenters. The summed E-state index contributed by atoms with van der Waals surface area (Å²) < 4.78 is 7.68. The van der Waals surface area contributed by atoms with Crippen molar-refractivity contribution in [3.8, 4) is 5.75 Å². The highest BCUT2D eigenvalue weighted by Gasteiger charge is 2.11. The molecule has 3 rings (SSSR count). The largest absolute Gasteiger partial charge is 0.493 e. The molecule has 20 heavy (non-hydrogen) atoms. The molecule has 1 aliphatic heterocycles. The van der Waals surface area contributed by atoms with Crippen molar-refractivity contribution in [3.63, 3.8) is 0 Å². The highest BCUT2D eigenvalue weighted by Crippen LogP contribution is 2.27. The van der Waals surface area contributed by atoms with Gasteiger partial charge in [0.25, 0.3) is 0 Å². The molecule has 0 unspecified atom stereocenters. The fraction of sp³-hybridized carbons (Fsp3) is 0.250. The Morgan fingerprint density at radius 3 is 2.85 bits per heavy atom. The standard InChI is InChI=1S/C16H15Br2NO/c17-13-2-3-15(14(18)10-13)19-7-5-11-1-4-16-12(9-11)6-8-20-16/h1-4,9-10,19H,5-8H2. The normalized spacial score (nSPS) is 12.9. The molecule has 0 amide bonds. The second-order valence-electron chi connectivity index (χ2n) is 4.84. The molecule has 2 aromatic carbocycles. The summed E-state index contributed by atoms with van der Waals surface area (Å²) in [5.74, 6) is 1.05. The number of halogens is 2. The van der Waals surface area contributed by atoms with E-state index in [1.54, 1.807) is 0 Å². The van der Waals surface area contributed by atoms with Crippen molar-refractivity contribution in [3.05, 3.63) is 56.5 Å². The third kappa shape index (κ3) is 3.18. The van der Waals surface area contributed by atoms with Gasteiger partial charge in [-0.1, -0.05) is 28.1 Å². The molecule has 0 spiro atoms. The molecule has 1 N–H and O–H groups in total. The van der Waals surface area contributed by atoms with E-state index in [-0.39, 0.29) is 0 Å². The Morgan fingerprint density at radius 2 is 2.00 bits per heavy atom. The van der Waals surface area contributed by atoms with Gasteiger partial charge in [0, 0.05) is 27.6 Å². The number of ether oxygens (including phenoxy) is 1. The lowest BCUT2D eigenvalue weighted by Gasteiger charge is -2.09. The van der Waals surface area contributed by atoms with Crippen LogP contribution >= 0.6 is 31.9 Å². The molecular weight excluding hydrogens is 382 g/mol. The average molecular weight is 397 g/mol. The van der Waals surface area contributed by atoms with Gasteiger partial charge < -0.3 is 10.1 Å². The molecule has 4 heteroatoms. The minimum atomic E-state index is 0.822. The highest BCUT2D eigenvalue weighted by molar-refractivity contribution is 9.11. The Balaban J connectivity index is 1.60. The average Bonchev–Trinajstić information content (AvgIpc) is 2.89. The predicted molar refractivity (Wildman–Crippen MR) is 89.7 cm³/mol. The van der Waals surface area contributed by atoms with Crippen molar-refractivity contribution >= 4 is 37.5 Å². The van der Waals surface area contributed by atoms with Gasteiger partial charge in [-0.15, -0.1) is 0 Å². The van der Waals surface area contributed by atoms with Crippen molar-refractivity contribution in [1.29, 1.82) is 0 Å². The van der Waals surface area contributed by atoms with E-state index in [0.29, 0.717) is 0 Å². The van der Waals surface area contributed by atoms with Gasteiger partial charge in [0.2, 0.25) is 0 Å². The summed E-state index contributed by atoms with van der Waals surface area (Å²) >= 11 is 7.03. The SMILES string of the molecule is Brc1ccc(NCCc2ccc3c(c2)CCO3)c(Br)c1. The zero-order chi connectivity index (χ0) is 13.9. The van der Waals surface area contributed by atoms with Crippen LogP contribution in [0, 0.1) is 0 Å². The van der Waals surface area contributed by atoms with E-state index < -0.39 is 0 Å². The van der Waals surface area contributed by atoms with Gasteiger partial charge in [-0.25, -0.2) is 0 Å². The van der Waals surface area contributed by atoms with Gasteiger partial charge >= 0.3 is 0 Å². The molecule has 0 fully saturated rings. The van der Waals surface area contributed by atoms with E-state index in [9.17, 15) is 0 Å². The van der Waals surface area contributed by atoms with Gasteiger partial charge in [0.1, 0.15) is 5.75 Å². The van der Waals surface area contributed by atoms with Gasteiger partial charge in [0.05, 0.1) is 6.61 Å². The molecule has 0 radical (unpaired) electrons. The molecule has 2 aromatic rings. The third-order valence-corrected chi connectivity index (χ3v) is 4.56. The van der Waals surface area contributed by atoms with Gasteiger partial charge in [-0.2, -0.15) is 0 Å². The zero-order valence-corrected chi connectivity index (χ0v) is 14.1. The summed E-state index contributed by atoms with van der Waals surface area (Å²) in [5, 5.41) is 3.46. The Hall–Kier alpha value is -1.00. The van der Waals surface area contributed by atoms with Crippen molar-refractivity contribution in [2.45, 2.75) is 12.8 Å². The number of hydrogen-bond donors (Lipinski definition) is 1. The van der Waals surface area contributed by atoms with Crippen LogP contribution in [0.4, 0.5) is 5.69 Å². The number of rotatable bonds is 4. The molecule has 2 nitrogen and oxygen atoms in total. The van der Waals surface area contributed by atoms with Crippen molar-refractivity contribution in [2.24, 2.45) is 0 Å². The van der Waals surface area contributed by atoms with E-state index in [1.807, 2.05) is 6.07 Å². The van der Waals surface area contributed by atoms with Gasteiger partial charge in [-0.05, 0) is 57.7 Å². The maximum absolute atomic E-state index is 5.53. The lowest BCUT2D eigenvalue weighted by molar-refractivity contribution is 0.357. The van der Waals surface area contributed by atoms with E-state index >= 15 is 0 Å². The second-order valence-corrected chi connectivity index (χ2v) is 6.61. The van der Waals surface area contributed by atoms with Crippen molar-refractivity contribution < 1.29 is 4.74 Å². The van der Waals surface area contributed by atoms with Gasteiger partial charge in [-0.3, -0.25) is 0 Å². The Bertz CT molecular complexity index is 628. The molecule has 0 saturated heterocycles. The molecule has 104 valence electrons. The fourth-order valence-electron chi connectivity index (χ4n) is 2.37. The van der Waals surface area contributed by atoms with E-state index in [2.05, 4.69) is 67.5 Å². The van der Waals surface area contributed by atoms with E-state index in [1.165, 1.54) is 11.1 Å². The van der Waals surface area contributed by atoms with Crippen LogP contribution in [0.5, 0.6) is 5.75 Å². The lowest BCUT2D eigenvalue weighted by Crippen LogP contribution is -2.05. The minimum Gasteiger partial charge on any atom is -0.493 e. The summed E-state index contributed by atoms with van der Waals surface area (Å²) in [4.78, 5) is 0. The highest BCUT2D eigenvalue weighted by atomic mass is 79.9. The number of nitrogens with one attached hydrogen (secondary N) is 1. The van der Waals surface area contributed by atoms with Crippen LogP contribution in [-0.4, -0.2) is 13.2 Å². The summed E-state index contributed by atoms with van der Waals surface area (Å²) in [6, 6.07) is 12.7. The maximum atomic E-state index is 5.53. The molecule has 0 aromatic heterocycles. The molecule has 0 aliphatic carbocycles. The van der Waals surface area contributed by atoms with Crippen LogP contribution in [0.15, 0.2) is 45.3 Å². The first kappa shape index (κ1) is 14.0. The molecule has 1 heterocycles. The number of benzene rings is 2. The first-order valence-corrected chi connectivity index (χ1v) is 8.24. The van der Waals surface area contributed by atoms with Crippen LogP contribution in [0.3, 0.4) is 0 Å². The van der Waals surface area contributed by atoms with Gasteiger partial charge in [0.15, 0.2) is 0 Å². The van der Waals surface area contributed by atoms with Crippen molar-refractivity contribution in [1.82, 2.24) is 0 Å². The van der Waals surface area contributed by atoms with Crippen LogP contribution in [-0.2, 0) is 12.8 Å². The maximum Gasteiger partial charge on any atom is 0.122 e. The quantitative estimate of drug-likeness (QED) is 0.801. The molecule has 0 bridgehead atoms. The first-order chi connectivity index (χ1) is 9.72. The van der Waals surface area contributed by atoms with E-state index in [0.717, 1.165) is 46.4 Å². The number of hydrogen-bond acceptors (Lipinski definition) is 2. The van der Waals surface area contributed by atoms with Crippen molar-refractivity contribution in [2.75, 3.05) is 18.5 Å². The number of anilines is 1. The Kier molecular flexibility index (Phi) is 4.32. The minimum absolute atomic E-state index is 0.822. The summed E-state index contributed by atoms with van der Waals surface area (Å²) in [6.07, 6.45) is 2.05. The first-order valence-electron chi connectivity index (χ1n) is 6.66.